The predicted molar refractivity (Wildman–Crippen MR) is 40.2 cm³/mol. The van der Waals surface area contributed by atoms with Gasteiger partial charge in [0.2, 0.25) is 0 Å². The van der Waals surface area contributed by atoms with Crippen LogP contribution in [0, 0.1) is 0 Å². The average molecular weight is 178 g/mol. The number of carbonyl (C=O) groups is 1. The summed E-state index contributed by atoms with van der Waals surface area (Å²) in [5.74, 6) is 0. The molecule has 0 spiro atoms. The molecule has 6 nitrogen and oxygen atoms in total. The van der Waals surface area contributed by atoms with Gasteiger partial charge in [-0.05, 0) is 17.3 Å². The van der Waals surface area contributed by atoms with Crippen molar-refractivity contribution < 1.29 is 14.7 Å². The minimum Gasteiger partial charge on any atom is -0.279 e. The van der Waals surface area contributed by atoms with Gasteiger partial charge in [-0.3, -0.25) is 4.84 Å². The van der Waals surface area contributed by atoms with Crippen molar-refractivity contribution in [2.24, 2.45) is 0 Å². The maximum atomic E-state index is 10.1. The second-order valence-corrected chi connectivity index (χ2v) is 2.29. The first-order chi connectivity index (χ1) is 6.27. The molecule has 13 heavy (non-hydrogen) atoms. The van der Waals surface area contributed by atoms with Crippen LogP contribution in [0.4, 0.5) is 4.79 Å². The molecule has 2 rings (SSSR count). The number of carbonyl (C=O) groups excluding carboxylic acids is 1. The molecular formula is C7H4N3O3. The van der Waals surface area contributed by atoms with E-state index in [-0.39, 0.29) is 0 Å². The summed E-state index contributed by atoms with van der Waals surface area (Å²) in [6.45, 7) is 0. The van der Waals surface area contributed by atoms with E-state index in [1.807, 2.05) is 0 Å². The van der Waals surface area contributed by atoms with Gasteiger partial charge in [-0.15, -0.1) is 5.10 Å². The summed E-state index contributed by atoms with van der Waals surface area (Å²) in [4.78, 5) is 15.1. The summed E-state index contributed by atoms with van der Waals surface area (Å²) < 4.78 is 0. The van der Waals surface area contributed by atoms with E-state index >= 15 is 0 Å². The first-order valence-corrected chi connectivity index (χ1v) is 3.47. The van der Waals surface area contributed by atoms with E-state index in [1.165, 1.54) is 0 Å². The van der Waals surface area contributed by atoms with Gasteiger partial charge in [-0.2, -0.15) is 9.90 Å². The molecule has 1 aromatic carbocycles. The number of hydrogen-bond acceptors (Lipinski definition) is 4. The molecule has 0 aliphatic heterocycles. The molecule has 0 bridgehead atoms. The van der Waals surface area contributed by atoms with Crippen LogP contribution in [0.2, 0.25) is 0 Å². The number of nitrogens with zero attached hydrogens (tertiary/aromatic N) is 3. The first-order valence-electron chi connectivity index (χ1n) is 3.47. The summed E-state index contributed by atoms with van der Waals surface area (Å²) in [6, 6.07) is 6.82. The monoisotopic (exact) mass is 178 g/mol. The molecule has 1 radical (unpaired) electrons. The van der Waals surface area contributed by atoms with Gasteiger partial charge in [0.25, 0.3) is 0 Å². The molecule has 0 N–H and O–H groups in total. The van der Waals surface area contributed by atoms with Crippen LogP contribution in [0.5, 0.6) is 0 Å². The van der Waals surface area contributed by atoms with Crippen molar-refractivity contribution in [2.75, 3.05) is 0 Å². The molecule has 2 aromatic rings. The van der Waals surface area contributed by atoms with Crippen molar-refractivity contribution in [3.05, 3.63) is 24.3 Å². The molecule has 1 heterocycles. The molecular weight excluding hydrogens is 174 g/mol. The highest BCUT2D eigenvalue weighted by Gasteiger charge is 2.08. The lowest BCUT2D eigenvalue weighted by atomic mass is 10.3. The number of benzene rings is 1. The molecule has 0 amide bonds. The molecule has 0 saturated heterocycles. The van der Waals surface area contributed by atoms with E-state index in [1.54, 1.807) is 24.3 Å². The molecule has 65 valence electrons. The van der Waals surface area contributed by atoms with Gasteiger partial charge >= 0.3 is 6.16 Å². The first kappa shape index (κ1) is 7.53. The van der Waals surface area contributed by atoms with Crippen molar-refractivity contribution in [1.29, 1.82) is 0 Å². The molecule has 0 saturated carbocycles. The number of para-hydroxylation sites is 1. The van der Waals surface area contributed by atoms with Crippen LogP contribution in [0.3, 0.4) is 0 Å². The van der Waals surface area contributed by atoms with E-state index in [0.29, 0.717) is 11.0 Å². The zero-order chi connectivity index (χ0) is 9.26. The van der Waals surface area contributed by atoms with Crippen molar-refractivity contribution in [2.45, 2.75) is 0 Å². The molecule has 0 unspecified atom stereocenters. The lowest BCUT2D eigenvalue weighted by Gasteiger charge is -1.94. The number of aromatic nitrogens is 3. The summed E-state index contributed by atoms with van der Waals surface area (Å²) >= 11 is 0. The molecule has 6 heteroatoms. The molecule has 0 atom stereocenters. The summed E-state index contributed by atoms with van der Waals surface area (Å²) in [5, 5.41) is 17.2. The lowest BCUT2D eigenvalue weighted by molar-refractivity contribution is 0.0498. The van der Waals surface area contributed by atoms with Gasteiger partial charge in [0.1, 0.15) is 11.0 Å². The maximum Gasteiger partial charge on any atom is 0.577 e. The highest BCUT2D eigenvalue weighted by atomic mass is 16.8. The van der Waals surface area contributed by atoms with Crippen LogP contribution < -0.4 is 4.84 Å². The highest BCUT2D eigenvalue weighted by Crippen LogP contribution is 2.07. The van der Waals surface area contributed by atoms with E-state index in [4.69, 9.17) is 0 Å². The van der Waals surface area contributed by atoms with Crippen LogP contribution >= 0.6 is 0 Å². The quantitative estimate of drug-likeness (QED) is 0.592. The minimum absolute atomic E-state index is 0.478. The smallest absolute Gasteiger partial charge is 0.279 e. The van der Waals surface area contributed by atoms with Crippen molar-refractivity contribution in [1.82, 2.24) is 15.2 Å². The van der Waals surface area contributed by atoms with Gasteiger partial charge in [0, 0.05) is 0 Å². The fraction of sp³-hybridized carbons (Fsp3) is 0. The third-order valence-electron chi connectivity index (χ3n) is 1.48. The van der Waals surface area contributed by atoms with E-state index in [0.717, 1.165) is 4.85 Å². The van der Waals surface area contributed by atoms with Crippen molar-refractivity contribution >= 4 is 17.2 Å². The average Bonchev–Trinajstić information content (AvgIpc) is 2.48. The standard InChI is InChI=1S/C7H4N3O3/c11-7(12)13-10-6-4-2-1-3-5(6)8-9-10/h1-4H. The van der Waals surface area contributed by atoms with Crippen LogP contribution in [-0.4, -0.2) is 21.3 Å². The van der Waals surface area contributed by atoms with Gasteiger partial charge in [0.15, 0.2) is 0 Å². The Bertz CT molecular complexity index is 451. The SMILES string of the molecule is [O]C(=O)On1nnc2ccccc21. The Morgan fingerprint density at radius 3 is 2.92 bits per heavy atom. The van der Waals surface area contributed by atoms with E-state index in [9.17, 15) is 9.90 Å². The van der Waals surface area contributed by atoms with Crippen LogP contribution in [-0.2, 0) is 5.11 Å². The summed E-state index contributed by atoms with van der Waals surface area (Å²) in [6.07, 6.45) is -1.67. The van der Waals surface area contributed by atoms with Crippen LogP contribution in [0.25, 0.3) is 11.0 Å². The van der Waals surface area contributed by atoms with Gasteiger partial charge in [-0.25, -0.2) is 0 Å². The van der Waals surface area contributed by atoms with Crippen molar-refractivity contribution in [3.8, 4) is 0 Å². The Balaban J connectivity index is 2.51. The highest BCUT2D eigenvalue weighted by molar-refractivity contribution is 5.74. The van der Waals surface area contributed by atoms with E-state index < -0.39 is 6.16 Å². The predicted octanol–water partition coefficient (Wildman–Crippen LogP) is 0.410. The molecule has 1 aromatic heterocycles. The normalized spacial score (nSPS) is 10.2. The van der Waals surface area contributed by atoms with Crippen LogP contribution in [0.1, 0.15) is 0 Å². The Morgan fingerprint density at radius 1 is 1.38 bits per heavy atom. The Morgan fingerprint density at radius 2 is 2.15 bits per heavy atom. The Hall–Kier alpha value is -2.11. The second-order valence-electron chi connectivity index (χ2n) is 2.29. The minimum atomic E-state index is -1.67. The number of hydrogen-bond donors (Lipinski definition) is 0. The molecule has 0 aliphatic rings. The largest absolute Gasteiger partial charge is 0.577 e. The number of rotatable bonds is 1. The van der Waals surface area contributed by atoms with Crippen molar-refractivity contribution in [3.63, 3.8) is 0 Å². The Kier molecular flexibility index (Phi) is 1.59. The summed E-state index contributed by atoms with van der Waals surface area (Å²) in [5.41, 5.74) is 1.04. The third kappa shape index (κ3) is 1.28. The van der Waals surface area contributed by atoms with E-state index in [2.05, 4.69) is 15.1 Å². The maximum absolute atomic E-state index is 10.1. The number of fused-ring (bicyclic) bond motifs is 1. The second kappa shape index (κ2) is 2.74. The molecule has 0 fully saturated rings. The zero-order valence-electron chi connectivity index (χ0n) is 6.38. The lowest BCUT2D eigenvalue weighted by Crippen LogP contribution is -2.17. The van der Waals surface area contributed by atoms with Gasteiger partial charge in [-0.1, -0.05) is 17.0 Å². The van der Waals surface area contributed by atoms with Gasteiger partial charge in [0.05, 0.1) is 0 Å². The Labute approximate surface area is 72.3 Å². The molecule has 0 aliphatic carbocycles. The topological polar surface area (TPSA) is 76.9 Å². The fourth-order valence-corrected chi connectivity index (χ4v) is 0.985. The van der Waals surface area contributed by atoms with Gasteiger partial charge < -0.3 is 0 Å². The van der Waals surface area contributed by atoms with Crippen LogP contribution in [0.15, 0.2) is 24.3 Å². The third-order valence-corrected chi connectivity index (χ3v) is 1.48. The summed E-state index contributed by atoms with van der Waals surface area (Å²) in [7, 11) is 0. The fourth-order valence-electron chi connectivity index (χ4n) is 0.985. The zero-order valence-corrected chi connectivity index (χ0v) is 6.38.